The van der Waals surface area contributed by atoms with Crippen molar-refractivity contribution >= 4 is 57.2 Å². The number of pyridine rings is 1. The minimum Gasteiger partial charge on any atom is -0.361 e. The smallest absolute Gasteiger partial charge is 0.271 e. The van der Waals surface area contributed by atoms with Crippen molar-refractivity contribution in [2.75, 3.05) is 5.32 Å². The lowest BCUT2D eigenvalue weighted by Crippen LogP contribution is -2.49. The number of hydrogen-bond acceptors (Lipinski definition) is 3. The number of aromatic nitrogens is 1. The molecule has 25 heavy (non-hydrogen) atoms. The van der Waals surface area contributed by atoms with Gasteiger partial charge in [0, 0.05) is 17.3 Å². The zero-order valence-electron chi connectivity index (χ0n) is 12.9. The van der Waals surface area contributed by atoms with Gasteiger partial charge in [-0.15, -0.1) is 0 Å². The molecule has 0 saturated heterocycles. The number of anilines is 1. The van der Waals surface area contributed by atoms with Crippen LogP contribution in [0.1, 0.15) is 10.5 Å². The SMILES string of the molecule is O=C(N[C@@H](Nc1cccc2ccccc12)C(Cl)(Cl)Cl)c1ccccn1. The molecule has 0 saturated carbocycles. The molecule has 3 rings (SSSR count). The molecule has 0 bridgehead atoms. The fourth-order valence-electron chi connectivity index (χ4n) is 2.41. The Kier molecular flexibility index (Phi) is 5.33. The minimum absolute atomic E-state index is 0.237. The maximum Gasteiger partial charge on any atom is 0.271 e. The van der Waals surface area contributed by atoms with Gasteiger partial charge in [-0.2, -0.15) is 0 Å². The Hall–Kier alpha value is -2.01. The first-order valence-corrected chi connectivity index (χ1v) is 8.61. The summed E-state index contributed by atoms with van der Waals surface area (Å²) in [5, 5.41) is 7.77. The zero-order chi connectivity index (χ0) is 17.9. The highest BCUT2D eigenvalue weighted by atomic mass is 35.6. The number of halogens is 3. The Labute approximate surface area is 160 Å². The van der Waals surface area contributed by atoms with Crippen molar-refractivity contribution in [2.45, 2.75) is 9.96 Å². The predicted octanol–water partition coefficient (Wildman–Crippen LogP) is 4.77. The third-order valence-electron chi connectivity index (χ3n) is 3.59. The minimum atomic E-state index is -1.76. The molecule has 1 heterocycles. The molecule has 1 atom stereocenters. The summed E-state index contributed by atoms with van der Waals surface area (Å²) in [6.07, 6.45) is 0.579. The second-order valence-corrected chi connectivity index (χ2v) is 7.70. The van der Waals surface area contributed by atoms with E-state index in [0.717, 1.165) is 16.5 Å². The fourth-order valence-corrected chi connectivity index (χ4v) is 2.74. The van der Waals surface area contributed by atoms with E-state index in [-0.39, 0.29) is 5.69 Å². The van der Waals surface area contributed by atoms with E-state index in [4.69, 9.17) is 34.8 Å². The number of nitrogens with zero attached hydrogens (tertiary/aromatic N) is 1. The summed E-state index contributed by atoms with van der Waals surface area (Å²) in [5.74, 6) is -0.440. The summed E-state index contributed by atoms with van der Waals surface area (Å²) in [6, 6.07) is 18.6. The first-order chi connectivity index (χ1) is 11.9. The van der Waals surface area contributed by atoms with Crippen molar-refractivity contribution in [1.29, 1.82) is 0 Å². The summed E-state index contributed by atoms with van der Waals surface area (Å²) in [4.78, 5) is 16.4. The average molecular weight is 395 g/mol. The third-order valence-corrected chi connectivity index (χ3v) is 4.24. The Balaban J connectivity index is 1.88. The molecule has 0 fully saturated rings. The van der Waals surface area contributed by atoms with E-state index in [1.54, 1.807) is 18.2 Å². The number of alkyl halides is 3. The van der Waals surface area contributed by atoms with Gasteiger partial charge in [-0.1, -0.05) is 77.3 Å². The van der Waals surface area contributed by atoms with Crippen molar-refractivity contribution in [2.24, 2.45) is 0 Å². The van der Waals surface area contributed by atoms with E-state index in [0.29, 0.717) is 0 Å². The van der Waals surface area contributed by atoms with Crippen molar-refractivity contribution in [3.05, 3.63) is 72.6 Å². The molecule has 4 nitrogen and oxygen atoms in total. The van der Waals surface area contributed by atoms with Crippen LogP contribution in [0.15, 0.2) is 66.9 Å². The van der Waals surface area contributed by atoms with Crippen LogP contribution in [0.3, 0.4) is 0 Å². The van der Waals surface area contributed by atoms with Gasteiger partial charge >= 0.3 is 0 Å². The largest absolute Gasteiger partial charge is 0.361 e. The molecule has 0 unspecified atom stereocenters. The number of benzene rings is 2. The lowest BCUT2D eigenvalue weighted by Gasteiger charge is -2.27. The Morgan fingerprint density at radius 1 is 0.960 bits per heavy atom. The number of rotatable bonds is 4. The number of carbonyl (C=O) groups is 1. The summed E-state index contributed by atoms with van der Waals surface area (Å²) in [6.45, 7) is 0. The fraction of sp³-hybridized carbons (Fsp3) is 0.111. The standard InChI is InChI=1S/C18H14Cl3N3O/c19-18(20,21)17(24-16(25)15-9-3-4-11-22-15)23-14-10-5-7-12-6-1-2-8-13(12)14/h1-11,17,23H,(H,24,25)/t17-/m1/s1. The Morgan fingerprint density at radius 3 is 2.40 bits per heavy atom. The molecule has 3 aromatic rings. The summed E-state index contributed by atoms with van der Waals surface area (Å²) < 4.78 is -1.76. The van der Waals surface area contributed by atoms with Crippen LogP contribution in [0.4, 0.5) is 5.69 Å². The van der Waals surface area contributed by atoms with Crippen LogP contribution >= 0.6 is 34.8 Å². The highest BCUT2D eigenvalue weighted by Crippen LogP contribution is 2.33. The highest BCUT2D eigenvalue weighted by molar-refractivity contribution is 6.68. The first-order valence-electron chi connectivity index (χ1n) is 7.48. The third kappa shape index (κ3) is 4.34. The van der Waals surface area contributed by atoms with Crippen molar-refractivity contribution < 1.29 is 4.79 Å². The molecule has 1 aromatic heterocycles. The van der Waals surface area contributed by atoms with Crippen LogP contribution < -0.4 is 10.6 Å². The quantitative estimate of drug-likeness (QED) is 0.495. The Bertz CT molecular complexity index is 876. The maximum absolute atomic E-state index is 12.4. The van der Waals surface area contributed by atoms with E-state index in [1.165, 1.54) is 6.20 Å². The number of carbonyl (C=O) groups excluding carboxylic acids is 1. The van der Waals surface area contributed by atoms with Gasteiger partial charge in [0.2, 0.25) is 3.79 Å². The van der Waals surface area contributed by atoms with E-state index in [2.05, 4.69) is 15.6 Å². The number of nitrogens with one attached hydrogen (secondary N) is 2. The first kappa shape index (κ1) is 17.8. The van der Waals surface area contributed by atoms with Gasteiger partial charge in [0.15, 0.2) is 0 Å². The van der Waals surface area contributed by atoms with E-state index >= 15 is 0 Å². The molecule has 2 N–H and O–H groups in total. The van der Waals surface area contributed by atoms with Gasteiger partial charge < -0.3 is 10.6 Å². The van der Waals surface area contributed by atoms with Gasteiger partial charge in [0.05, 0.1) is 0 Å². The van der Waals surface area contributed by atoms with Gasteiger partial charge in [-0.05, 0) is 23.6 Å². The van der Waals surface area contributed by atoms with E-state index in [9.17, 15) is 4.79 Å². The predicted molar refractivity (Wildman–Crippen MR) is 103 cm³/mol. The van der Waals surface area contributed by atoms with Gasteiger partial charge in [0.1, 0.15) is 11.9 Å². The monoisotopic (exact) mass is 393 g/mol. The average Bonchev–Trinajstić information content (AvgIpc) is 2.61. The highest BCUT2D eigenvalue weighted by Gasteiger charge is 2.34. The zero-order valence-corrected chi connectivity index (χ0v) is 15.2. The maximum atomic E-state index is 12.4. The molecule has 0 aliphatic carbocycles. The number of fused-ring (bicyclic) bond motifs is 1. The normalized spacial score (nSPS) is 12.6. The molecular weight excluding hydrogens is 381 g/mol. The van der Waals surface area contributed by atoms with Crippen LogP contribution in [-0.2, 0) is 0 Å². The molecule has 0 aliphatic heterocycles. The molecule has 1 amide bonds. The van der Waals surface area contributed by atoms with Gasteiger partial charge in [0.25, 0.3) is 5.91 Å². The van der Waals surface area contributed by atoms with E-state index in [1.807, 2.05) is 42.5 Å². The topological polar surface area (TPSA) is 54.0 Å². The van der Waals surface area contributed by atoms with Gasteiger partial charge in [-0.25, -0.2) is 0 Å². The van der Waals surface area contributed by atoms with Crippen LogP contribution in [0.25, 0.3) is 10.8 Å². The van der Waals surface area contributed by atoms with Gasteiger partial charge in [-0.3, -0.25) is 9.78 Å². The van der Waals surface area contributed by atoms with Crippen LogP contribution in [0.2, 0.25) is 0 Å². The lowest BCUT2D eigenvalue weighted by atomic mass is 10.1. The molecule has 0 radical (unpaired) electrons. The second kappa shape index (κ2) is 7.48. The molecule has 0 aliphatic rings. The Morgan fingerprint density at radius 2 is 1.68 bits per heavy atom. The van der Waals surface area contributed by atoms with Crippen molar-refractivity contribution in [3.63, 3.8) is 0 Å². The van der Waals surface area contributed by atoms with Crippen molar-refractivity contribution in [1.82, 2.24) is 10.3 Å². The van der Waals surface area contributed by atoms with Crippen LogP contribution in [-0.4, -0.2) is 20.8 Å². The molecule has 128 valence electrons. The number of amides is 1. The molecule has 0 spiro atoms. The summed E-state index contributed by atoms with van der Waals surface area (Å²) >= 11 is 18.2. The van der Waals surface area contributed by atoms with Crippen LogP contribution in [0, 0.1) is 0 Å². The summed E-state index contributed by atoms with van der Waals surface area (Å²) in [7, 11) is 0. The summed E-state index contributed by atoms with van der Waals surface area (Å²) in [5.41, 5.74) is 0.984. The molecular formula is C18H14Cl3N3O. The second-order valence-electron chi connectivity index (χ2n) is 5.33. The number of hydrogen-bond donors (Lipinski definition) is 2. The lowest BCUT2D eigenvalue weighted by molar-refractivity contribution is 0.0937. The van der Waals surface area contributed by atoms with Crippen LogP contribution in [0.5, 0.6) is 0 Å². The van der Waals surface area contributed by atoms with Crippen molar-refractivity contribution in [3.8, 4) is 0 Å². The molecule has 2 aromatic carbocycles. The molecule has 7 heteroatoms. The van der Waals surface area contributed by atoms with E-state index < -0.39 is 15.9 Å².